The molecule has 0 unspecified atom stereocenters. The third-order valence-electron chi connectivity index (χ3n) is 6.28. The highest BCUT2D eigenvalue weighted by Gasteiger charge is 2.18. The predicted molar refractivity (Wildman–Crippen MR) is 133 cm³/mol. The van der Waals surface area contributed by atoms with Gasteiger partial charge in [-0.05, 0) is 78.9 Å². The van der Waals surface area contributed by atoms with E-state index in [2.05, 4.69) is 20.5 Å². The van der Waals surface area contributed by atoms with Crippen LogP contribution in [0.3, 0.4) is 0 Å². The highest BCUT2D eigenvalue weighted by molar-refractivity contribution is 6.31. The topological polar surface area (TPSA) is 74.2 Å². The number of nitrogens with zero attached hydrogens (tertiary/aromatic N) is 2. The van der Waals surface area contributed by atoms with E-state index in [1.54, 1.807) is 6.07 Å². The first kappa shape index (κ1) is 21.3. The summed E-state index contributed by atoms with van der Waals surface area (Å²) in [5.74, 6) is -0.0199. The molecule has 2 aromatic carbocycles. The average molecular weight is 458 g/mol. The van der Waals surface area contributed by atoms with E-state index < -0.39 is 0 Å². The minimum absolute atomic E-state index is 0.0199. The zero-order valence-corrected chi connectivity index (χ0v) is 18.9. The Kier molecular flexibility index (Phi) is 5.89. The molecule has 0 radical (unpaired) electrons. The van der Waals surface area contributed by atoms with Crippen molar-refractivity contribution in [1.82, 2.24) is 15.3 Å². The lowest BCUT2D eigenvalue weighted by molar-refractivity contribution is -0.120. The number of fused-ring (bicyclic) bond motifs is 3. The van der Waals surface area contributed by atoms with Crippen LogP contribution in [-0.2, 0) is 24.1 Å². The molecule has 0 aliphatic heterocycles. The van der Waals surface area contributed by atoms with Gasteiger partial charge in [-0.25, -0.2) is 4.85 Å². The SMILES string of the molecule is [C-]#[N+]c1ccc2[nH]cc(CCC(=O)NCNc3c4c(nc5cc(Cl)ccc35)CCCC4)c2c1. The van der Waals surface area contributed by atoms with Gasteiger partial charge in [-0.3, -0.25) is 9.78 Å². The molecule has 0 atom stereocenters. The standard InChI is InChI=1S/C26H24ClN5O/c1-28-18-8-10-22-21(13-18)16(14-29-22)6-11-25(33)30-15-31-26-19-4-2-3-5-23(19)32-24-12-17(27)7-9-20(24)26/h7-10,12-14,29H,2-6,11,15H2,(H,30,33)(H,31,32). The van der Waals surface area contributed by atoms with Crippen molar-refractivity contribution in [2.45, 2.75) is 38.5 Å². The Hall–Kier alpha value is -3.56. The maximum atomic E-state index is 12.5. The number of H-pyrrole nitrogens is 1. The smallest absolute Gasteiger partial charge is 0.221 e. The zero-order chi connectivity index (χ0) is 22.8. The number of aromatic amines is 1. The lowest BCUT2D eigenvalue weighted by Gasteiger charge is -2.22. The average Bonchev–Trinajstić information content (AvgIpc) is 3.24. The number of amides is 1. The van der Waals surface area contributed by atoms with Crippen LogP contribution in [0.25, 0.3) is 26.7 Å². The molecule has 4 aromatic rings. The number of carbonyl (C=O) groups is 1. The Morgan fingerprint density at radius 2 is 2.03 bits per heavy atom. The third-order valence-corrected chi connectivity index (χ3v) is 6.51. The van der Waals surface area contributed by atoms with Crippen LogP contribution in [0.2, 0.25) is 5.02 Å². The summed E-state index contributed by atoms with van der Waals surface area (Å²) in [5, 5.41) is 9.15. The summed E-state index contributed by atoms with van der Waals surface area (Å²) in [5.41, 5.74) is 6.94. The molecule has 166 valence electrons. The molecular formula is C26H24ClN5O. The molecule has 1 aliphatic carbocycles. The van der Waals surface area contributed by atoms with Gasteiger partial charge < -0.3 is 15.6 Å². The second-order valence-electron chi connectivity index (χ2n) is 8.39. The Morgan fingerprint density at radius 3 is 2.91 bits per heavy atom. The maximum Gasteiger partial charge on any atom is 0.221 e. The fraction of sp³-hybridized carbons (Fsp3) is 0.269. The fourth-order valence-corrected chi connectivity index (χ4v) is 4.78. The van der Waals surface area contributed by atoms with E-state index in [4.69, 9.17) is 23.2 Å². The first-order valence-corrected chi connectivity index (χ1v) is 11.6. The molecule has 1 aliphatic rings. The highest BCUT2D eigenvalue weighted by atomic mass is 35.5. The van der Waals surface area contributed by atoms with E-state index in [1.807, 2.05) is 36.5 Å². The molecule has 2 aromatic heterocycles. The second-order valence-corrected chi connectivity index (χ2v) is 8.83. The molecule has 5 rings (SSSR count). The molecule has 0 saturated heterocycles. The van der Waals surface area contributed by atoms with Gasteiger partial charge in [0.1, 0.15) is 0 Å². The van der Waals surface area contributed by atoms with Crippen LogP contribution in [0.4, 0.5) is 11.4 Å². The van der Waals surface area contributed by atoms with E-state index in [-0.39, 0.29) is 5.91 Å². The molecule has 1 amide bonds. The van der Waals surface area contributed by atoms with Crippen LogP contribution in [0.15, 0.2) is 42.6 Å². The zero-order valence-electron chi connectivity index (χ0n) is 18.2. The van der Waals surface area contributed by atoms with Crippen molar-refractivity contribution < 1.29 is 4.79 Å². The van der Waals surface area contributed by atoms with Gasteiger partial charge in [-0.1, -0.05) is 17.7 Å². The predicted octanol–water partition coefficient (Wildman–Crippen LogP) is 5.92. The van der Waals surface area contributed by atoms with Crippen LogP contribution in [0.1, 0.15) is 36.1 Å². The number of carbonyl (C=O) groups excluding carboxylic acids is 1. The van der Waals surface area contributed by atoms with Crippen molar-refractivity contribution in [3.05, 3.63) is 75.9 Å². The van der Waals surface area contributed by atoms with E-state index in [0.29, 0.717) is 30.2 Å². The van der Waals surface area contributed by atoms with Crippen LogP contribution in [0, 0.1) is 6.57 Å². The summed E-state index contributed by atoms with van der Waals surface area (Å²) < 4.78 is 0. The largest absolute Gasteiger partial charge is 0.367 e. The van der Waals surface area contributed by atoms with Gasteiger partial charge in [0.2, 0.25) is 5.91 Å². The van der Waals surface area contributed by atoms with E-state index in [1.165, 1.54) is 5.56 Å². The van der Waals surface area contributed by atoms with Crippen molar-refractivity contribution in [3.63, 3.8) is 0 Å². The fourth-order valence-electron chi connectivity index (χ4n) is 4.61. The van der Waals surface area contributed by atoms with Crippen molar-refractivity contribution in [1.29, 1.82) is 0 Å². The Balaban J connectivity index is 1.26. The summed E-state index contributed by atoms with van der Waals surface area (Å²) in [6.07, 6.45) is 7.16. The van der Waals surface area contributed by atoms with Gasteiger partial charge in [0.15, 0.2) is 5.69 Å². The lowest BCUT2D eigenvalue weighted by Crippen LogP contribution is -2.29. The summed E-state index contributed by atoms with van der Waals surface area (Å²) >= 11 is 6.20. The van der Waals surface area contributed by atoms with Gasteiger partial charge in [0.25, 0.3) is 0 Å². The molecule has 0 saturated carbocycles. The van der Waals surface area contributed by atoms with Crippen molar-refractivity contribution in [2.75, 3.05) is 12.0 Å². The quantitative estimate of drug-likeness (QED) is 0.248. The summed E-state index contributed by atoms with van der Waals surface area (Å²) in [7, 11) is 0. The lowest BCUT2D eigenvalue weighted by atomic mass is 9.93. The molecule has 0 bridgehead atoms. The Labute approximate surface area is 197 Å². The minimum Gasteiger partial charge on any atom is -0.367 e. The molecule has 3 N–H and O–H groups in total. The van der Waals surface area contributed by atoms with Gasteiger partial charge in [-0.2, -0.15) is 0 Å². The van der Waals surface area contributed by atoms with Crippen LogP contribution >= 0.6 is 11.6 Å². The number of hydrogen-bond donors (Lipinski definition) is 3. The highest BCUT2D eigenvalue weighted by Crippen LogP contribution is 2.34. The first-order chi connectivity index (χ1) is 16.1. The summed E-state index contributed by atoms with van der Waals surface area (Å²) in [6, 6.07) is 11.4. The third kappa shape index (κ3) is 4.37. The van der Waals surface area contributed by atoms with Gasteiger partial charge in [0.05, 0.1) is 18.8 Å². The van der Waals surface area contributed by atoms with Crippen LogP contribution in [0.5, 0.6) is 0 Å². The molecular weight excluding hydrogens is 434 g/mol. The number of benzene rings is 2. The van der Waals surface area contributed by atoms with Crippen LogP contribution in [-0.4, -0.2) is 22.5 Å². The number of aromatic nitrogens is 2. The molecule has 7 heteroatoms. The molecule has 2 heterocycles. The molecule has 0 spiro atoms. The number of nitrogens with one attached hydrogen (secondary N) is 3. The molecule has 6 nitrogen and oxygen atoms in total. The number of pyridine rings is 1. The van der Waals surface area contributed by atoms with Crippen LogP contribution < -0.4 is 10.6 Å². The normalized spacial score (nSPS) is 13.0. The molecule has 0 fully saturated rings. The maximum absolute atomic E-state index is 12.5. The minimum atomic E-state index is -0.0199. The summed E-state index contributed by atoms with van der Waals surface area (Å²) in [4.78, 5) is 24.1. The van der Waals surface area contributed by atoms with Gasteiger partial charge >= 0.3 is 0 Å². The van der Waals surface area contributed by atoms with Crippen molar-refractivity contribution in [2.24, 2.45) is 0 Å². The Bertz CT molecular complexity index is 1400. The number of aryl methyl sites for hydroxylation is 2. The van der Waals surface area contributed by atoms with Gasteiger partial charge in [-0.15, -0.1) is 0 Å². The second kappa shape index (κ2) is 9.13. The molecule has 33 heavy (non-hydrogen) atoms. The Morgan fingerprint density at radius 1 is 1.15 bits per heavy atom. The van der Waals surface area contributed by atoms with Crippen molar-refractivity contribution in [3.8, 4) is 0 Å². The number of hydrogen-bond acceptors (Lipinski definition) is 3. The number of halogens is 1. The number of rotatable bonds is 6. The van der Waals surface area contributed by atoms with E-state index >= 15 is 0 Å². The monoisotopic (exact) mass is 457 g/mol. The van der Waals surface area contributed by atoms with E-state index in [9.17, 15) is 4.79 Å². The number of anilines is 1. The first-order valence-electron chi connectivity index (χ1n) is 11.2. The van der Waals surface area contributed by atoms with E-state index in [0.717, 1.165) is 64.4 Å². The van der Waals surface area contributed by atoms with Crippen molar-refractivity contribution >= 4 is 50.7 Å². The van der Waals surface area contributed by atoms with Gasteiger partial charge in [0, 0.05) is 39.9 Å². The summed E-state index contributed by atoms with van der Waals surface area (Å²) in [6.45, 7) is 7.56.